The van der Waals surface area contributed by atoms with E-state index in [9.17, 15) is 8.42 Å². The maximum atomic E-state index is 11.8. The summed E-state index contributed by atoms with van der Waals surface area (Å²) in [6, 6.07) is 8.73. The molecule has 0 N–H and O–H groups in total. The molecule has 0 aromatic heterocycles. The Balaban J connectivity index is 3.02. The number of hydrogen-bond acceptors (Lipinski definition) is 3. The summed E-state index contributed by atoms with van der Waals surface area (Å²) < 4.78 is 24.9. The standard InChI is InChI=1S/C11H14N2O2S/c1-3-13(2)16(14,15)9-11-7-5-4-6-10(11)8-12/h4-7H,3,9H2,1-2H3. The van der Waals surface area contributed by atoms with E-state index in [-0.39, 0.29) is 5.75 Å². The highest BCUT2D eigenvalue weighted by Gasteiger charge is 2.18. The van der Waals surface area contributed by atoms with E-state index >= 15 is 0 Å². The fourth-order valence-corrected chi connectivity index (χ4v) is 2.52. The number of hydrogen-bond donors (Lipinski definition) is 0. The maximum Gasteiger partial charge on any atom is 0.218 e. The molecule has 0 saturated carbocycles. The van der Waals surface area contributed by atoms with Crippen molar-refractivity contribution >= 4 is 10.0 Å². The molecule has 0 atom stereocenters. The predicted molar refractivity (Wildman–Crippen MR) is 62.1 cm³/mol. The van der Waals surface area contributed by atoms with Gasteiger partial charge in [0.25, 0.3) is 0 Å². The third kappa shape index (κ3) is 2.81. The number of sulfonamides is 1. The van der Waals surface area contributed by atoms with Gasteiger partial charge in [-0.3, -0.25) is 0 Å². The van der Waals surface area contributed by atoms with Crippen molar-refractivity contribution in [3.8, 4) is 6.07 Å². The molecule has 0 radical (unpaired) electrons. The predicted octanol–water partition coefficient (Wildman–Crippen LogP) is 1.34. The van der Waals surface area contributed by atoms with Crippen molar-refractivity contribution in [3.63, 3.8) is 0 Å². The molecule has 5 heteroatoms. The van der Waals surface area contributed by atoms with Crippen LogP contribution in [0.1, 0.15) is 18.1 Å². The van der Waals surface area contributed by atoms with Crippen LogP contribution in [0.2, 0.25) is 0 Å². The van der Waals surface area contributed by atoms with Crippen LogP contribution in [0.15, 0.2) is 24.3 Å². The molecule has 0 amide bonds. The number of rotatable bonds is 4. The Hall–Kier alpha value is -1.38. The van der Waals surface area contributed by atoms with Crippen LogP contribution in [0.25, 0.3) is 0 Å². The van der Waals surface area contributed by atoms with Crippen LogP contribution in [0, 0.1) is 11.3 Å². The Bertz CT molecular complexity index is 503. The fourth-order valence-electron chi connectivity index (χ4n) is 1.26. The molecule has 0 aliphatic rings. The first-order valence-electron chi connectivity index (χ1n) is 4.93. The van der Waals surface area contributed by atoms with Gasteiger partial charge in [0.1, 0.15) is 0 Å². The van der Waals surface area contributed by atoms with Gasteiger partial charge in [0.2, 0.25) is 10.0 Å². The van der Waals surface area contributed by atoms with Crippen LogP contribution >= 0.6 is 0 Å². The smallest absolute Gasteiger partial charge is 0.212 e. The van der Waals surface area contributed by atoms with E-state index in [1.54, 1.807) is 31.2 Å². The zero-order valence-corrected chi connectivity index (χ0v) is 10.2. The lowest BCUT2D eigenvalue weighted by Crippen LogP contribution is -2.28. The van der Waals surface area contributed by atoms with Gasteiger partial charge in [0.15, 0.2) is 0 Å². The summed E-state index contributed by atoms with van der Waals surface area (Å²) >= 11 is 0. The second-order valence-corrected chi connectivity index (χ2v) is 5.52. The normalized spacial score (nSPS) is 11.4. The molecule has 1 aromatic rings. The van der Waals surface area contributed by atoms with Crippen LogP contribution in [-0.4, -0.2) is 26.3 Å². The highest BCUT2D eigenvalue weighted by atomic mass is 32.2. The van der Waals surface area contributed by atoms with Gasteiger partial charge in [-0.25, -0.2) is 12.7 Å². The molecule has 0 bridgehead atoms. The van der Waals surface area contributed by atoms with Crippen LogP contribution in [0.5, 0.6) is 0 Å². The molecule has 0 spiro atoms. The van der Waals surface area contributed by atoms with Crippen molar-refractivity contribution in [1.82, 2.24) is 4.31 Å². The van der Waals surface area contributed by atoms with Crippen LogP contribution in [0.4, 0.5) is 0 Å². The number of benzene rings is 1. The van der Waals surface area contributed by atoms with E-state index in [0.717, 1.165) is 0 Å². The number of nitrogens with zero attached hydrogens (tertiary/aromatic N) is 2. The van der Waals surface area contributed by atoms with Gasteiger partial charge < -0.3 is 0 Å². The van der Waals surface area contributed by atoms with E-state index in [2.05, 4.69) is 0 Å². The quantitative estimate of drug-likeness (QED) is 0.795. The average Bonchev–Trinajstić information content (AvgIpc) is 2.28. The Labute approximate surface area is 96.2 Å². The van der Waals surface area contributed by atoms with E-state index in [4.69, 9.17) is 5.26 Å². The first-order chi connectivity index (χ1) is 7.51. The third-order valence-electron chi connectivity index (χ3n) is 2.40. The first kappa shape index (κ1) is 12.7. The van der Waals surface area contributed by atoms with E-state index in [1.165, 1.54) is 11.4 Å². The van der Waals surface area contributed by atoms with Crippen molar-refractivity contribution in [3.05, 3.63) is 35.4 Å². The molecule has 4 nitrogen and oxygen atoms in total. The average molecular weight is 238 g/mol. The molecule has 1 aromatic carbocycles. The SMILES string of the molecule is CCN(C)S(=O)(=O)Cc1ccccc1C#N. The Morgan fingerprint density at radius 2 is 2.00 bits per heavy atom. The lowest BCUT2D eigenvalue weighted by Gasteiger charge is -2.15. The molecule has 1 rings (SSSR count). The van der Waals surface area contributed by atoms with E-state index < -0.39 is 10.0 Å². The molecule has 0 fully saturated rings. The monoisotopic (exact) mass is 238 g/mol. The minimum absolute atomic E-state index is 0.124. The molecule has 0 unspecified atom stereocenters. The summed E-state index contributed by atoms with van der Waals surface area (Å²) in [7, 11) is -1.78. The van der Waals surface area contributed by atoms with Crippen molar-refractivity contribution in [2.24, 2.45) is 0 Å². The minimum atomic E-state index is -3.31. The van der Waals surface area contributed by atoms with Crippen LogP contribution in [0.3, 0.4) is 0 Å². The highest BCUT2D eigenvalue weighted by molar-refractivity contribution is 7.88. The highest BCUT2D eigenvalue weighted by Crippen LogP contribution is 2.13. The zero-order chi connectivity index (χ0) is 12.2. The summed E-state index contributed by atoms with van der Waals surface area (Å²) in [5.74, 6) is -0.124. The second kappa shape index (κ2) is 5.10. The molecular formula is C11H14N2O2S. The summed E-state index contributed by atoms with van der Waals surface area (Å²) in [6.45, 7) is 2.20. The van der Waals surface area contributed by atoms with Gasteiger partial charge in [-0.2, -0.15) is 5.26 Å². The van der Waals surface area contributed by atoms with Crippen molar-refractivity contribution in [2.75, 3.05) is 13.6 Å². The van der Waals surface area contributed by atoms with Crippen LogP contribution in [-0.2, 0) is 15.8 Å². The molecule has 86 valence electrons. The molecule has 0 saturated heterocycles. The molecule has 0 aliphatic heterocycles. The first-order valence-corrected chi connectivity index (χ1v) is 6.54. The Kier molecular flexibility index (Phi) is 4.05. The maximum absolute atomic E-state index is 11.8. The topological polar surface area (TPSA) is 61.2 Å². The molecular weight excluding hydrogens is 224 g/mol. The third-order valence-corrected chi connectivity index (χ3v) is 4.28. The van der Waals surface area contributed by atoms with Crippen molar-refractivity contribution < 1.29 is 8.42 Å². The minimum Gasteiger partial charge on any atom is -0.212 e. The van der Waals surface area contributed by atoms with Gasteiger partial charge in [-0.1, -0.05) is 25.1 Å². The summed E-state index contributed by atoms with van der Waals surface area (Å²) in [6.07, 6.45) is 0. The lowest BCUT2D eigenvalue weighted by molar-refractivity contribution is 0.485. The summed E-state index contributed by atoms with van der Waals surface area (Å²) in [5, 5.41) is 8.85. The largest absolute Gasteiger partial charge is 0.218 e. The van der Waals surface area contributed by atoms with E-state index in [1.807, 2.05) is 6.07 Å². The Morgan fingerprint density at radius 1 is 1.38 bits per heavy atom. The fraction of sp³-hybridized carbons (Fsp3) is 0.364. The zero-order valence-electron chi connectivity index (χ0n) is 9.34. The van der Waals surface area contributed by atoms with Gasteiger partial charge in [-0.05, 0) is 11.6 Å². The Morgan fingerprint density at radius 3 is 2.56 bits per heavy atom. The van der Waals surface area contributed by atoms with Gasteiger partial charge in [0, 0.05) is 13.6 Å². The van der Waals surface area contributed by atoms with Gasteiger partial charge >= 0.3 is 0 Å². The van der Waals surface area contributed by atoms with Crippen molar-refractivity contribution in [2.45, 2.75) is 12.7 Å². The van der Waals surface area contributed by atoms with Crippen molar-refractivity contribution in [1.29, 1.82) is 5.26 Å². The molecule has 16 heavy (non-hydrogen) atoms. The van der Waals surface area contributed by atoms with Gasteiger partial charge in [-0.15, -0.1) is 0 Å². The number of nitriles is 1. The molecule has 0 aliphatic carbocycles. The molecule has 0 heterocycles. The summed E-state index contributed by atoms with van der Waals surface area (Å²) in [5.41, 5.74) is 0.959. The van der Waals surface area contributed by atoms with Gasteiger partial charge in [0.05, 0.1) is 17.4 Å². The van der Waals surface area contributed by atoms with Crippen LogP contribution < -0.4 is 0 Å². The second-order valence-electron chi connectivity index (χ2n) is 3.44. The lowest BCUT2D eigenvalue weighted by atomic mass is 10.1. The van der Waals surface area contributed by atoms with E-state index in [0.29, 0.717) is 17.7 Å². The summed E-state index contributed by atoms with van der Waals surface area (Å²) in [4.78, 5) is 0.